The van der Waals surface area contributed by atoms with Gasteiger partial charge in [-0.3, -0.25) is 0 Å². The van der Waals surface area contributed by atoms with Crippen molar-refractivity contribution in [3.05, 3.63) is 65.2 Å². The fraction of sp³-hybridized carbons (Fsp3) is 0.429. The third kappa shape index (κ3) is 6.07. The van der Waals surface area contributed by atoms with Crippen LogP contribution in [0.1, 0.15) is 49.9 Å². The summed E-state index contributed by atoms with van der Waals surface area (Å²) >= 11 is 0. The molecule has 0 spiro atoms. The number of benzene rings is 2. The summed E-state index contributed by atoms with van der Waals surface area (Å²) in [5, 5.41) is 3.57. The summed E-state index contributed by atoms with van der Waals surface area (Å²) in [6.07, 6.45) is 1.09. The predicted molar refractivity (Wildman–Crippen MR) is 97.8 cm³/mol. The number of aryl methyl sites for hydroxylation is 1. The second-order valence-corrected chi connectivity index (χ2v) is 6.69. The van der Waals surface area contributed by atoms with Crippen molar-refractivity contribution in [2.45, 2.75) is 46.7 Å². The quantitative estimate of drug-likeness (QED) is 0.717. The molecule has 0 fully saturated rings. The third-order valence-corrected chi connectivity index (χ3v) is 4.08. The monoisotopic (exact) mass is 311 g/mol. The van der Waals surface area contributed by atoms with Crippen LogP contribution in [0.2, 0.25) is 0 Å². The minimum atomic E-state index is 0.320. The van der Waals surface area contributed by atoms with Gasteiger partial charge in [0.25, 0.3) is 0 Å². The van der Waals surface area contributed by atoms with Crippen molar-refractivity contribution in [3.8, 4) is 5.75 Å². The number of nitrogens with one attached hydrogen (secondary N) is 1. The van der Waals surface area contributed by atoms with Crippen molar-refractivity contribution in [3.63, 3.8) is 0 Å². The molecule has 2 aromatic rings. The lowest BCUT2D eigenvalue weighted by atomic mass is 10.1. The lowest BCUT2D eigenvalue weighted by molar-refractivity contribution is 0.289. The number of rotatable bonds is 8. The van der Waals surface area contributed by atoms with Gasteiger partial charge < -0.3 is 10.1 Å². The average molecular weight is 311 g/mol. The van der Waals surface area contributed by atoms with Crippen LogP contribution in [0.15, 0.2) is 48.5 Å². The summed E-state index contributed by atoms with van der Waals surface area (Å²) < 4.78 is 5.77. The summed E-state index contributed by atoms with van der Waals surface area (Å²) in [7, 11) is 0. The highest BCUT2D eigenvalue weighted by Gasteiger charge is 2.05. The summed E-state index contributed by atoms with van der Waals surface area (Å²) in [5.41, 5.74) is 3.90. The third-order valence-electron chi connectivity index (χ3n) is 4.08. The molecule has 2 rings (SSSR count). The molecule has 0 radical (unpaired) electrons. The van der Waals surface area contributed by atoms with Crippen molar-refractivity contribution in [2.75, 3.05) is 6.61 Å². The standard InChI is InChI=1S/C21H29NO/c1-16(2)13-14-23-21-11-9-20(10-12-21)18(4)22-15-19-7-5-17(3)6-8-19/h5-12,16,18,22H,13-15H2,1-4H3. The highest BCUT2D eigenvalue weighted by molar-refractivity contribution is 5.29. The molecular weight excluding hydrogens is 282 g/mol. The van der Waals surface area contributed by atoms with Gasteiger partial charge in [0.15, 0.2) is 0 Å². The van der Waals surface area contributed by atoms with E-state index in [9.17, 15) is 0 Å². The molecule has 0 saturated heterocycles. The molecule has 0 saturated carbocycles. The van der Waals surface area contributed by atoms with E-state index in [1.165, 1.54) is 16.7 Å². The Labute approximate surface area is 140 Å². The van der Waals surface area contributed by atoms with E-state index in [-0.39, 0.29) is 0 Å². The summed E-state index contributed by atoms with van der Waals surface area (Å²) in [4.78, 5) is 0. The normalized spacial score (nSPS) is 12.4. The minimum absolute atomic E-state index is 0.320. The fourth-order valence-electron chi connectivity index (χ4n) is 2.36. The van der Waals surface area contributed by atoms with Crippen molar-refractivity contribution < 1.29 is 4.74 Å². The van der Waals surface area contributed by atoms with Gasteiger partial charge >= 0.3 is 0 Å². The zero-order valence-electron chi connectivity index (χ0n) is 14.8. The van der Waals surface area contributed by atoms with Gasteiger partial charge in [-0.05, 0) is 49.4 Å². The molecule has 1 N–H and O–H groups in total. The van der Waals surface area contributed by atoms with E-state index in [1.54, 1.807) is 0 Å². The summed E-state index contributed by atoms with van der Waals surface area (Å²) in [6, 6.07) is 17.4. The maximum absolute atomic E-state index is 5.77. The van der Waals surface area contributed by atoms with Gasteiger partial charge in [0.05, 0.1) is 6.61 Å². The Hall–Kier alpha value is -1.80. The van der Waals surface area contributed by atoms with Crippen LogP contribution in [0.4, 0.5) is 0 Å². The first-order valence-electron chi connectivity index (χ1n) is 8.56. The van der Waals surface area contributed by atoms with E-state index >= 15 is 0 Å². The van der Waals surface area contributed by atoms with Crippen molar-refractivity contribution in [1.82, 2.24) is 5.32 Å². The predicted octanol–water partition coefficient (Wildman–Crippen LogP) is 5.27. The molecule has 0 aliphatic carbocycles. The highest BCUT2D eigenvalue weighted by atomic mass is 16.5. The van der Waals surface area contributed by atoms with Gasteiger partial charge in [0, 0.05) is 12.6 Å². The molecule has 0 aromatic heterocycles. The topological polar surface area (TPSA) is 21.3 Å². The van der Waals surface area contributed by atoms with Crippen molar-refractivity contribution in [1.29, 1.82) is 0 Å². The maximum atomic E-state index is 5.77. The van der Waals surface area contributed by atoms with Crippen LogP contribution in [0.3, 0.4) is 0 Å². The smallest absolute Gasteiger partial charge is 0.119 e. The number of hydrogen-bond acceptors (Lipinski definition) is 2. The molecule has 2 nitrogen and oxygen atoms in total. The van der Waals surface area contributed by atoms with E-state index in [0.29, 0.717) is 12.0 Å². The molecule has 0 aliphatic heterocycles. The lowest BCUT2D eigenvalue weighted by Gasteiger charge is -2.15. The highest BCUT2D eigenvalue weighted by Crippen LogP contribution is 2.18. The minimum Gasteiger partial charge on any atom is -0.494 e. The SMILES string of the molecule is Cc1ccc(CNC(C)c2ccc(OCCC(C)C)cc2)cc1. The second-order valence-electron chi connectivity index (χ2n) is 6.69. The van der Waals surface area contributed by atoms with Crippen LogP contribution >= 0.6 is 0 Å². The zero-order valence-corrected chi connectivity index (χ0v) is 14.8. The molecule has 0 aliphatic rings. The summed E-state index contributed by atoms with van der Waals surface area (Å²) in [5.74, 6) is 1.64. The van der Waals surface area contributed by atoms with Crippen molar-refractivity contribution in [2.24, 2.45) is 5.92 Å². The number of hydrogen-bond donors (Lipinski definition) is 1. The molecule has 2 aromatic carbocycles. The van der Waals surface area contributed by atoms with E-state index < -0.39 is 0 Å². The molecular formula is C21H29NO. The lowest BCUT2D eigenvalue weighted by Crippen LogP contribution is -2.18. The molecule has 1 unspecified atom stereocenters. The average Bonchev–Trinajstić information content (AvgIpc) is 2.54. The molecule has 1 atom stereocenters. The maximum Gasteiger partial charge on any atom is 0.119 e. The van der Waals surface area contributed by atoms with Gasteiger partial charge in [0.2, 0.25) is 0 Å². The van der Waals surface area contributed by atoms with Crippen LogP contribution in [0.25, 0.3) is 0 Å². The van der Waals surface area contributed by atoms with E-state index in [2.05, 4.69) is 81.5 Å². The Morgan fingerprint density at radius 1 is 0.913 bits per heavy atom. The largest absolute Gasteiger partial charge is 0.494 e. The van der Waals surface area contributed by atoms with Gasteiger partial charge in [-0.15, -0.1) is 0 Å². The van der Waals surface area contributed by atoms with Crippen LogP contribution in [0.5, 0.6) is 5.75 Å². The van der Waals surface area contributed by atoms with Gasteiger partial charge in [0.1, 0.15) is 5.75 Å². The molecule has 23 heavy (non-hydrogen) atoms. The van der Waals surface area contributed by atoms with E-state index in [1.807, 2.05) is 0 Å². The molecule has 124 valence electrons. The van der Waals surface area contributed by atoms with E-state index in [0.717, 1.165) is 25.3 Å². The Morgan fingerprint density at radius 2 is 1.57 bits per heavy atom. The number of ether oxygens (including phenoxy) is 1. The first-order valence-corrected chi connectivity index (χ1v) is 8.56. The van der Waals surface area contributed by atoms with Crippen LogP contribution in [-0.4, -0.2) is 6.61 Å². The van der Waals surface area contributed by atoms with Gasteiger partial charge in [-0.25, -0.2) is 0 Å². The fourth-order valence-corrected chi connectivity index (χ4v) is 2.36. The Morgan fingerprint density at radius 3 is 2.17 bits per heavy atom. The Kier molecular flexibility index (Phi) is 6.66. The Bertz CT molecular complexity index is 572. The molecule has 0 bridgehead atoms. The molecule has 0 amide bonds. The molecule has 0 heterocycles. The van der Waals surface area contributed by atoms with Gasteiger partial charge in [-0.2, -0.15) is 0 Å². The van der Waals surface area contributed by atoms with Crippen LogP contribution in [0, 0.1) is 12.8 Å². The first-order chi connectivity index (χ1) is 11.0. The van der Waals surface area contributed by atoms with Crippen molar-refractivity contribution >= 4 is 0 Å². The van der Waals surface area contributed by atoms with Crippen LogP contribution < -0.4 is 10.1 Å². The van der Waals surface area contributed by atoms with E-state index in [4.69, 9.17) is 4.74 Å². The molecule has 2 heteroatoms. The van der Waals surface area contributed by atoms with Crippen LogP contribution in [-0.2, 0) is 6.54 Å². The second kappa shape index (κ2) is 8.73. The Balaban J connectivity index is 1.82. The zero-order chi connectivity index (χ0) is 16.7. The van der Waals surface area contributed by atoms with Gasteiger partial charge in [-0.1, -0.05) is 55.8 Å². The summed E-state index contributed by atoms with van der Waals surface area (Å²) in [6.45, 7) is 10.4. The first kappa shape index (κ1) is 17.6.